The predicted molar refractivity (Wildman–Crippen MR) is 80.6 cm³/mol. The van der Waals surface area contributed by atoms with Crippen molar-refractivity contribution in [3.8, 4) is 5.69 Å². The lowest BCUT2D eigenvalue weighted by atomic mass is 10.2. The van der Waals surface area contributed by atoms with Gasteiger partial charge in [0.2, 0.25) is 0 Å². The molecule has 0 bridgehead atoms. The van der Waals surface area contributed by atoms with Crippen LogP contribution in [0.3, 0.4) is 0 Å². The minimum absolute atomic E-state index is 0.0736. The number of nitrogens with zero attached hydrogens (tertiary/aromatic N) is 2. The van der Waals surface area contributed by atoms with Crippen molar-refractivity contribution in [2.45, 2.75) is 0 Å². The molecule has 1 aromatic carbocycles. The van der Waals surface area contributed by atoms with Crippen LogP contribution in [0.1, 0.15) is 10.4 Å². The minimum Gasteiger partial charge on any atom is -0.383 e. The first-order chi connectivity index (χ1) is 10.3. The maximum Gasteiger partial charge on any atom is 0.251 e. The van der Waals surface area contributed by atoms with Crippen LogP contribution in [-0.2, 0) is 4.74 Å². The van der Waals surface area contributed by atoms with Gasteiger partial charge in [0.15, 0.2) is 0 Å². The third-order valence-electron chi connectivity index (χ3n) is 2.97. The Morgan fingerprint density at radius 3 is 2.71 bits per heavy atom. The van der Waals surface area contributed by atoms with Crippen molar-refractivity contribution in [2.24, 2.45) is 0 Å². The first-order valence-corrected chi connectivity index (χ1v) is 6.89. The van der Waals surface area contributed by atoms with Gasteiger partial charge >= 0.3 is 0 Å². The Bertz CT molecular complexity index is 537. The largest absolute Gasteiger partial charge is 0.383 e. The fourth-order valence-electron chi connectivity index (χ4n) is 1.85. The molecule has 0 aliphatic carbocycles. The Morgan fingerprint density at radius 1 is 1.24 bits per heavy atom. The van der Waals surface area contributed by atoms with Crippen molar-refractivity contribution in [3.05, 3.63) is 48.3 Å². The third kappa shape index (κ3) is 4.70. The number of aromatic nitrogens is 2. The summed E-state index contributed by atoms with van der Waals surface area (Å²) >= 11 is 0. The number of amides is 1. The van der Waals surface area contributed by atoms with E-state index in [1.165, 1.54) is 0 Å². The van der Waals surface area contributed by atoms with Crippen molar-refractivity contribution in [1.82, 2.24) is 20.4 Å². The summed E-state index contributed by atoms with van der Waals surface area (Å²) in [7, 11) is 1.66. The Labute approximate surface area is 124 Å². The molecule has 1 aromatic heterocycles. The van der Waals surface area contributed by atoms with Gasteiger partial charge in [0.1, 0.15) is 0 Å². The number of hydrogen-bond donors (Lipinski definition) is 2. The van der Waals surface area contributed by atoms with Crippen molar-refractivity contribution < 1.29 is 9.53 Å². The van der Waals surface area contributed by atoms with Gasteiger partial charge in [0, 0.05) is 44.7 Å². The molecule has 2 rings (SSSR count). The second-order valence-electron chi connectivity index (χ2n) is 4.50. The molecule has 0 fully saturated rings. The molecule has 6 heteroatoms. The van der Waals surface area contributed by atoms with E-state index in [0.29, 0.717) is 18.7 Å². The first-order valence-electron chi connectivity index (χ1n) is 6.89. The molecule has 0 spiro atoms. The van der Waals surface area contributed by atoms with Crippen molar-refractivity contribution >= 4 is 5.91 Å². The van der Waals surface area contributed by atoms with Crippen molar-refractivity contribution in [3.63, 3.8) is 0 Å². The van der Waals surface area contributed by atoms with Crippen molar-refractivity contribution in [1.29, 1.82) is 0 Å². The summed E-state index contributed by atoms with van der Waals surface area (Å²) in [5.74, 6) is -0.0736. The summed E-state index contributed by atoms with van der Waals surface area (Å²) < 4.78 is 6.68. The molecule has 0 unspecified atom stereocenters. The number of ether oxygens (including phenoxy) is 1. The molecule has 1 heterocycles. The lowest BCUT2D eigenvalue weighted by Crippen LogP contribution is -2.33. The number of rotatable bonds is 8. The minimum atomic E-state index is -0.0736. The summed E-state index contributed by atoms with van der Waals surface area (Å²) in [6.45, 7) is 2.76. The van der Waals surface area contributed by atoms with Crippen LogP contribution >= 0.6 is 0 Å². The Kier molecular flexibility index (Phi) is 5.93. The molecule has 2 aromatic rings. The highest BCUT2D eigenvalue weighted by Gasteiger charge is 2.05. The average Bonchev–Trinajstić information content (AvgIpc) is 3.05. The standard InChI is InChI=1S/C15H20N4O2/c1-21-12-10-16-8-9-17-15(20)13-3-5-14(6-4-13)19-11-2-7-18-19/h2-7,11,16H,8-10,12H2,1H3,(H,17,20). The normalized spacial score (nSPS) is 10.5. The van der Waals surface area contributed by atoms with Crippen LogP contribution in [0.25, 0.3) is 5.69 Å². The van der Waals surface area contributed by atoms with E-state index in [1.807, 2.05) is 24.4 Å². The van der Waals surface area contributed by atoms with Crippen LogP contribution < -0.4 is 10.6 Å². The topological polar surface area (TPSA) is 68.2 Å². The van der Waals surface area contributed by atoms with Gasteiger partial charge in [-0.05, 0) is 30.3 Å². The van der Waals surface area contributed by atoms with Crippen LogP contribution in [0, 0.1) is 0 Å². The number of carbonyl (C=O) groups is 1. The highest BCUT2D eigenvalue weighted by molar-refractivity contribution is 5.94. The molecular weight excluding hydrogens is 268 g/mol. The van der Waals surface area contributed by atoms with Crippen LogP contribution in [0.5, 0.6) is 0 Å². The fourth-order valence-corrected chi connectivity index (χ4v) is 1.85. The summed E-state index contributed by atoms with van der Waals surface area (Å²) in [6, 6.07) is 9.20. The number of benzene rings is 1. The van der Waals surface area contributed by atoms with Crippen LogP contribution in [0.2, 0.25) is 0 Å². The van der Waals surface area contributed by atoms with Gasteiger partial charge in [-0.3, -0.25) is 4.79 Å². The molecule has 0 aliphatic heterocycles. The Balaban J connectivity index is 1.78. The van der Waals surface area contributed by atoms with Gasteiger partial charge < -0.3 is 15.4 Å². The van der Waals surface area contributed by atoms with Gasteiger partial charge in [0.05, 0.1) is 12.3 Å². The molecule has 0 aliphatic rings. The van der Waals surface area contributed by atoms with Gasteiger partial charge in [-0.15, -0.1) is 0 Å². The second kappa shape index (κ2) is 8.18. The molecule has 0 saturated heterocycles. The molecule has 6 nitrogen and oxygen atoms in total. The zero-order valence-corrected chi connectivity index (χ0v) is 12.1. The van der Waals surface area contributed by atoms with Gasteiger partial charge in [-0.1, -0.05) is 0 Å². The predicted octanol–water partition coefficient (Wildman–Crippen LogP) is 0.838. The quantitative estimate of drug-likeness (QED) is 0.706. The molecule has 2 N–H and O–H groups in total. The lowest BCUT2D eigenvalue weighted by molar-refractivity contribution is 0.0953. The van der Waals surface area contributed by atoms with E-state index in [4.69, 9.17) is 4.74 Å². The first kappa shape index (κ1) is 15.2. The Morgan fingerprint density at radius 2 is 2.05 bits per heavy atom. The third-order valence-corrected chi connectivity index (χ3v) is 2.97. The van der Waals surface area contributed by atoms with E-state index in [9.17, 15) is 4.79 Å². The zero-order chi connectivity index (χ0) is 14.9. The number of carbonyl (C=O) groups excluding carboxylic acids is 1. The molecule has 0 radical (unpaired) electrons. The highest BCUT2D eigenvalue weighted by atomic mass is 16.5. The molecule has 1 amide bonds. The molecule has 0 saturated carbocycles. The maximum atomic E-state index is 11.9. The second-order valence-corrected chi connectivity index (χ2v) is 4.50. The van der Waals surface area contributed by atoms with Crippen LogP contribution in [0.4, 0.5) is 0 Å². The SMILES string of the molecule is COCCNCCNC(=O)c1ccc(-n2cccn2)cc1. The molecule has 21 heavy (non-hydrogen) atoms. The van der Waals surface area contributed by atoms with Gasteiger partial charge in [-0.25, -0.2) is 4.68 Å². The van der Waals surface area contributed by atoms with E-state index in [1.54, 1.807) is 30.1 Å². The summed E-state index contributed by atoms with van der Waals surface area (Å²) in [5.41, 5.74) is 1.57. The monoisotopic (exact) mass is 288 g/mol. The van der Waals surface area contributed by atoms with Gasteiger partial charge in [-0.2, -0.15) is 5.10 Å². The number of hydrogen-bond acceptors (Lipinski definition) is 4. The molecule has 112 valence electrons. The Hall–Kier alpha value is -2.18. The van der Waals surface area contributed by atoms with Crippen LogP contribution in [-0.4, -0.2) is 49.0 Å². The van der Waals surface area contributed by atoms with E-state index in [0.717, 1.165) is 18.8 Å². The smallest absolute Gasteiger partial charge is 0.251 e. The average molecular weight is 288 g/mol. The number of nitrogens with one attached hydrogen (secondary N) is 2. The zero-order valence-electron chi connectivity index (χ0n) is 12.1. The summed E-state index contributed by atoms with van der Waals surface area (Å²) in [4.78, 5) is 11.9. The fraction of sp³-hybridized carbons (Fsp3) is 0.333. The van der Waals surface area contributed by atoms with Crippen LogP contribution in [0.15, 0.2) is 42.7 Å². The highest BCUT2D eigenvalue weighted by Crippen LogP contribution is 2.08. The summed E-state index contributed by atoms with van der Waals surface area (Å²) in [6.07, 6.45) is 3.58. The van der Waals surface area contributed by atoms with E-state index < -0.39 is 0 Å². The van der Waals surface area contributed by atoms with E-state index >= 15 is 0 Å². The van der Waals surface area contributed by atoms with Gasteiger partial charge in [0.25, 0.3) is 5.91 Å². The lowest BCUT2D eigenvalue weighted by Gasteiger charge is -2.07. The molecular formula is C15H20N4O2. The van der Waals surface area contributed by atoms with E-state index in [-0.39, 0.29) is 5.91 Å². The maximum absolute atomic E-state index is 11.9. The number of methoxy groups -OCH3 is 1. The van der Waals surface area contributed by atoms with Crippen molar-refractivity contribution in [2.75, 3.05) is 33.4 Å². The van der Waals surface area contributed by atoms with E-state index in [2.05, 4.69) is 15.7 Å². The summed E-state index contributed by atoms with van der Waals surface area (Å²) in [5, 5.41) is 10.2. The molecule has 0 atom stereocenters.